The van der Waals surface area contributed by atoms with E-state index in [-0.39, 0.29) is 12.3 Å². The number of aryl methyl sites for hydroxylation is 1. The van der Waals surface area contributed by atoms with Crippen molar-refractivity contribution in [1.29, 1.82) is 0 Å². The smallest absolute Gasteiger partial charge is 0.382 e. The van der Waals surface area contributed by atoms with Gasteiger partial charge in [0.15, 0.2) is 0 Å². The number of imidazole rings is 1. The number of urea groups is 1. The Balaban J connectivity index is 1.78. The first-order valence-electron chi connectivity index (χ1n) is 9.10. The molecular formula is C21H21F3N4O2. The van der Waals surface area contributed by atoms with Gasteiger partial charge in [0.1, 0.15) is 0 Å². The van der Waals surface area contributed by atoms with Crippen LogP contribution in [0.3, 0.4) is 0 Å². The maximum absolute atomic E-state index is 12.9. The van der Waals surface area contributed by atoms with E-state index in [4.69, 9.17) is 4.74 Å². The Morgan fingerprint density at radius 2 is 2.03 bits per heavy atom. The maximum atomic E-state index is 12.9. The zero-order valence-corrected chi connectivity index (χ0v) is 16.4. The fraction of sp³-hybridized carbons (Fsp3) is 0.238. The molecule has 0 saturated heterocycles. The number of hydrogen-bond acceptors (Lipinski definition) is 3. The SMILES string of the molecule is COC[C@H](NC(=O)Nc1cccc(C(F)(F)F)c1)c1ccc(C)c(-n2ccnc2)c1. The van der Waals surface area contributed by atoms with Crippen LogP contribution in [0, 0.1) is 6.92 Å². The van der Waals surface area contributed by atoms with E-state index in [2.05, 4.69) is 15.6 Å². The highest BCUT2D eigenvalue weighted by Crippen LogP contribution is 2.30. The summed E-state index contributed by atoms with van der Waals surface area (Å²) in [6.07, 6.45) is 0.661. The molecule has 1 atom stereocenters. The van der Waals surface area contributed by atoms with E-state index in [0.29, 0.717) is 0 Å². The number of benzene rings is 2. The van der Waals surface area contributed by atoms with Gasteiger partial charge in [-0.3, -0.25) is 0 Å². The van der Waals surface area contributed by atoms with Crippen LogP contribution < -0.4 is 10.6 Å². The van der Waals surface area contributed by atoms with Crippen molar-refractivity contribution >= 4 is 11.7 Å². The van der Waals surface area contributed by atoms with Gasteiger partial charge in [0, 0.05) is 30.9 Å². The van der Waals surface area contributed by atoms with E-state index in [1.165, 1.54) is 19.2 Å². The Kier molecular flexibility index (Phi) is 6.41. The summed E-state index contributed by atoms with van der Waals surface area (Å²) in [5.41, 5.74) is 1.90. The van der Waals surface area contributed by atoms with E-state index in [1.807, 2.05) is 35.9 Å². The molecule has 1 aromatic heterocycles. The standard InChI is InChI=1S/C21H21F3N4O2/c1-14-6-7-15(10-19(14)28-9-8-25-13-28)18(12-30-2)27-20(29)26-17-5-3-4-16(11-17)21(22,23)24/h3-11,13,18H,12H2,1-2H3,(H2,26,27,29)/t18-/m0/s1. The Morgan fingerprint density at radius 3 is 2.70 bits per heavy atom. The highest BCUT2D eigenvalue weighted by Gasteiger charge is 2.30. The number of hydrogen-bond donors (Lipinski definition) is 2. The number of anilines is 1. The Hall–Kier alpha value is -3.33. The van der Waals surface area contributed by atoms with Crippen LogP contribution >= 0.6 is 0 Å². The van der Waals surface area contributed by atoms with Crippen molar-refractivity contribution in [2.75, 3.05) is 19.0 Å². The Morgan fingerprint density at radius 1 is 1.23 bits per heavy atom. The van der Waals surface area contributed by atoms with Crippen LogP contribution in [0.2, 0.25) is 0 Å². The second-order valence-electron chi connectivity index (χ2n) is 6.70. The average Bonchev–Trinajstić information content (AvgIpc) is 3.22. The second kappa shape index (κ2) is 9.00. The molecular weight excluding hydrogens is 397 g/mol. The van der Waals surface area contributed by atoms with Gasteiger partial charge in [-0.15, -0.1) is 0 Å². The number of nitrogens with zero attached hydrogens (tertiary/aromatic N) is 2. The van der Waals surface area contributed by atoms with E-state index in [0.717, 1.165) is 28.9 Å². The summed E-state index contributed by atoms with van der Waals surface area (Å²) in [5.74, 6) is 0. The third-order valence-electron chi connectivity index (χ3n) is 4.50. The molecule has 0 radical (unpaired) electrons. The Labute approximate surface area is 171 Å². The predicted molar refractivity (Wildman–Crippen MR) is 107 cm³/mol. The van der Waals surface area contributed by atoms with E-state index >= 15 is 0 Å². The molecule has 6 nitrogen and oxygen atoms in total. The molecule has 0 bridgehead atoms. The summed E-state index contributed by atoms with van der Waals surface area (Å²) in [4.78, 5) is 16.5. The van der Waals surface area contributed by atoms with Gasteiger partial charge in [-0.05, 0) is 42.3 Å². The number of alkyl halides is 3. The highest BCUT2D eigenvalue weighted by molar-refractivity contribution is 5.89. The first-order valence-corrected chi connectivity index (χ1v) is 9.10. The summed E-state index contributed by atoms with van der Waals surface area (Å²) in [5, 5.41) is 5.20. The molecule has 0 spiro atoms. The molecule has 2 aromatic carbocycles. The Bertz CT molecular complexity index is 1000. The largest absolute Gasteiger partial charge is 0.416 e. The molecule has 0 aliphatic heterocycles. The maximum Gasteiger partial charge on any atom is 0.416 e. The van der Waals surface area contributed by atoms with Gasteiger partial charge in [0.05, 0.1) is 24.5 Å². The summed E-state index contributed by atoms with van der Waals surface area (Å²) >= 11 is 0. The van der Waals surface area contributed by atoms with Gasteiger partial charge in [-0.2, -0.15) is 13.2 Å². The molecule has 2 N–H and O–H groups in total. The lowest BCUT2D eigenvalue weighted by atomic mass is 10.0. The number of ether oxygens (including phenoxy) is 1. The molecule has 0 unspecified atom stereocenters. The molecule has 3 aromatic rings. The van der Waals surface area contributed by atoms with Crippen molar-refractivity contribution in [2.45, 2.75) is 19.1 Å². The quantitative estimate of drug-likeness (QED) is 0.609. The van der Waals surface area contributed by atoms with Crippen molar-refractivity contribution in [1.82, 2.24) is 14.9 Å². The van der Waals surface area contributed by atoms with Gasteiger partial charge >= 0.3 is 12.2 Å². The van der Waals surface area contributed by atoms with Crippen molar-refractivity contribution < 1.29 is 22.7 Å². The van der Waals surface area contributed by atoms with E-state index < -0.39 is 23.8 Å². The van der Waals surface area contributed by atoms with Gasteiger partial charge in [-0.25, -0.2) is 9.78 Å². The summed E-state index contributed by atoms with van der Waals surface area (Å²) in [7, 11) is 1.50. The number of methoxy groups -OCH3 is 1. The lowest BCUT2D eigenvalue weighted by Crippen LogP contribution is -2.35. The van der Waals surface area contributed by atoms with Crippen LogP contribution in [0.25, 0.3) is 5.69 Å². The van der Waals surface area contributed by atoms with Gasteiger partial charge in [0.2, 0.25) is 0 Å². The van der Waals surface area contributed by atoms with Crippen molar-refractivity contribution in [3.05, 3.63) is 77.9 Å². The minimum Gasteiger partial charge on any atom is -0.382 e. The minimum absolute atomic E-state index is 0.0431. The monoisotopic (exact) mass is 418 g/mol. The van der Waals surface area contributed by atoms with E-state index in [1.54, 1.807) is 12.5 Å². The van der Waals surface area contributed by atoms with Crippen LogP contribution in [0.4, 0.5) is 23.7 Å². The fourth-order valence-electron chi connectivity index (χ4n) is 3.01. The number of carbonyl (C=O) groups excluding carboxylic acids is 1. The first kappa shape index (κ1) is 21.4. The van der Waals surface area contributed by atoms with Gasteiger partial charge in [-0.1, -0.05) is 18.2 Å². The van der Waals surface area contributed by atoms with Crippen LogP contribution in [0.5, 0.6) is 0 Å². The molecule has 0 aliphatic carbocycles. The van der Waals surface area contributed by atoms with E-state index in [9.17, 15) is 18.0 Å². The van der Waals surface area contributed by atoms with Crippen molar-refractivity contribution in [3.8, 4) is 5.69 Å². The van der Waals surface area contributed by atoms with Crippen molar-refractivity contribution in [3.63, 3.8) is 0 Å². The summed E-state index contributed by atoms with van der Waals surface area (Å²) < 4.78 is 45.7. The van der Waals surface area contributed by atoms with Crippen LogP contribution in [0.15, 0.2) is 61.2 Å². The molecule has 0 fully saturated rings. The summed E-state index contributed by atoms with van der Waals surface area (Å²) in [6, 6.07) is 9.00. The molecule has 158 valence electrons. The molecule has 2 amide bonds. The minimum atomic E-state index is -4.49. The molecule has 0 saturated carbocycles. The third-order valence-corrected chi connectivity index (χ3v) is 4.50. The van der Waals surface area contributed by atoms with Crippen LogP contribution in [0.1, 0.15) is 22.7 Å². The molecule has 30 heavy (non-hydrogen) atoms. The number of rotatable bonds is 6. The fourth-order valence-corrected chi connectivity index (χ4v) is 3.01. The number of halogens is 3. The topological polar surface area (TPSA) is 68.2 Å². The third kappa shape index (κ3) is 5.18. The number of carbonyl (C=O) groups is 1. The molecule has 0 aliphatic rings. The van der Waals surface area contributed by atoms with Gasteiger partial charge < -0.3 is 19.9 Å². The number of nitrogens with one attached hydrogen (secondary N) is 2. The lowest BCUT2D eigenvalue weighted by Gasteiger charge is -2.20. The molecule has 3 rings (SSSR count). The lowest BCUT2D eigenvalue weighted by molar-refractivity contribution is -0.137. The number of amides is 2. The zero-order chi connectivity index (χ0) is 21.7. The summed E-state index contributed by atoms with van der Waals surface area (Å²) in [6.45, 7) is 2.14. The van der Waals surface area contributed by atoms with Crippen LogP contribution in [-0.2, 0) is 10.9 Å². The first-order chi connectivity index (χ1) is 14.3. The molecule has 9 heteroatoms. The average molecular weight is 418 g/mol. The van der Waals surface area contributed by atoms with Crippen LogP contribution in [-0.4, -0.2) is 29.3 Å². The number of aromatic nitrogens is 2. The van der Waals surface area contributed by atoms with Gasteiger partial charge in [0.25, 0.3) is 0 Å². The zero-order valence-electron chi connectivity index (χ0n) is 16.4. The normalized spacial score (nSPS) is 12.4. The predicted octanol–water partition coefficient (Wildman–Crippen LogP) is 4.71. The van der Waals surface area contributed by atoms with Crippen molar-refractivity contribution in [2.24, 2.45) is 0 Å². The highest BCUT2D eigenvalue weighted by atomic mass is 19.4. The second-order valence-corrected chi connectivity index (χ2v) is 6.70. The molecule has 1 heterocycles.